The summed E-state index contributed by atoms with van der Waals surface area (Å²) >= 11 is 5.84. The van der Waals surface area contributed by atoms with Crippen molar-refractivity contribution in [2.24, 2.45) is 0 Å². The third kappa shape index (κ3) is 3.09. The summed E-state index contributed by atoms with van der Waals surface area (Å²) in [5.74, 6) is -1.06. The minimum Gasteiger partial charge on any atom is -0.457 e. The van der Waals surface area contributed by atoms with Gasteiger partial charge < -0.3 is 14.2 Å². The Balaban J connectivity index is 1.83. The number of nitrogens with zero attached hydrogens (tertiary/aromatic N) is 1. The molecule has 3 rings (SSSR count). The zero-order chi connectivity index (χ0) is 17.3. The van der Waals surface area contributed by atoms with Gasteiger partial charge in [0.1, 0.15) is 18.0 Å². The molecular weight excluding hydrogens is 345 g/mol. The van der Waals surface area contributed by atoms with Crippen molar-refractivity contribution in [2.45, 2.75) is 6.61 Å². The van der Waals surface area contributed by atoms with Crippen molar-refractivity contribution in [3.05, 3.63) is 62.4 Å². The number of esters is 1. The Morgan fingerprint density at radius 2 is 2.00 bits per heavy atom. The molecule has 24 heavy (non-hydrogen) atoms. The predicted octanol–water partition coefficient (Wildman–Crippen LogP) is 3.47. The molecule has 0 radical (unpaired) electrons. The Morgan fingerprint density at radius 3 is 2.67 bits per heavy atom. The molecule has 2 aromatic rings. The molecule has 0 saturated carbocycles. The van der Waals surface area contributed by atoms with E-state index in [1.165, 1.54) is 12.1 Å². The number of halogens is 2. The van der Waals surface area contributed by atoms with Crippen molar-refractivity contribution in [1.82, 2.24) is 0 Å². The van der Waals surface area contributed by atoms with Crippen molar-refractivity contribution in [3.8, 4) is 11.5 Å². The average Bonchev–Trinajstić information content (AvgIpc) is 2.99. The molecule has 0 spiro atoms. The van der Waals surface area contributed by atoms with E-state index in [2.05, 4.69) is 0 Å². The molecule has 0 unspecified atom stereocenters. The maximum Gasteiger partial charge on any atom is 0.345 e. The van der Waals surface area contributed by atoms with Gasteiger partial charge in [-0.2, -0.15) is 0 Å². The second kappa shape index (κ2) is 6.32. The third-order valence-corrected chi connectivity index (χ3v) is 3.63. The van der Waals surface area contributed by atoms with E-state index >= 15 is 0 Å². The van der Waals surface area contributed by atoms with Gasteiger partial charge in [-0.1, -0.05) is 17.7 Å². The molecule has 0 atom stereocenters. The molecule has 7 nitrogen and oxygen atoms in total. The van der Waals surface area contributed by atoms with Gasteiger partial charge in [-0.25, -0.2) is 9.18 Å². The van der Waals surface area contributed by atoms with Gasteiger partial charge in [-0.3, -0.25) is 10.1 Å². The van der Waals surface area contributed by atoms with E-state index in [1.54, 1.807) is 0 Å². The highest BCUT2D eigenvalue weighted by atomic mass is 35.5. The second-order valence-corrected chi connectivity index (χ2v) is 5.20. The minimum atomic E-state index is -0.930. The zero-order valence-corrected chi connectivity index (χ0v) is 12.7. The Bertz CT molecular complexity index is 841. The van der Waals surface area contributed by atoms with Crippen molar-refractivity contribution < 1.29 is 28.3 Å². The number of hydrogen-bond acceptors (Lipinski definition) is 6. The van der Waals surface area contributed by atoms with E-state index in [0.717, 1.165) is 18.2 Å². The lowest BCUT2D eigenvalue weighted by Gasteiger charge is -2.08. The number of nitro groups is 1. The summed E-state index contributed by atoms with van der Waals surface area (Å²) in [6.45, 7) is -0.348. The molecule has 0 bridgehead atoms. The lowest BCUT2D eigenvalue weighted by atomic mass is 10.1. The molecular formula is C15H9ClFNO6. The first kappa shape index (κ1) is 16.0. The number of fused-ring (bicyclic) bond motifs is 1. The molecule has 0 N–H and O–H groups in total. The van der Waals surface area contributed by atoms with Gasteiger partial charge in [-0.15, -0.1) is 0 Å². The molecule has 0 fully saturated rings. The maximum atomic E-state index is 13.0. The highest BCUT2D eigenvalue weighted by Crippen LogP contribution is 2.38. The normalized spacial score (nSPS) is 12.1. The molecule has 124 valence electrons. The van der Waals surface area contributed by atoms with Crippen LogP contribution >= 0.6 is 11.6 Å². The second-order valence-electron chi connectivity index (χ2n) is 4.79. The molecule has 0 aromatic heterocycles. The molecule has 9 heteroatoms. The van der Waals surface area contributed by atoms with Crippen LogP contribution in [-0.4, -0.2) is 17.7 Å². The van der Waals surface area contributed by atoms with Gasteiger partial charge in [0.25, 0.3) is 5.69 Å². The van der Waals surface area contributed by atoms with Gasteiger partial charge in [0, 0.05) is 11.6 Å². The van der Waals surface area contributed by atoms with Crippen LogP contribution in [0.2, 0.25) is 5.02 Å². The predicted molar refractivity (Wildman–Crippen MR) is 79.7 cm³/mol. The van der Waals surface area contributed by atoms with Crippen LogP contribution in [0, 0.1) is 15.9 Å². The first-order chi connectivity index (χ1) is 11.5. The summed E-state index contributed by atoms with van der Waals surface area (Å²) < 4.78 is 28.2. The molecule has 1 aliphatic rings. The standard InChI is InChI=1S/C15H9ClFNO6/c16-11-3-9(17)2-1-8(11)6-22-15(19)10-4-13-14(24-7-23-13)5-12(10)18(20)21/h1-5H,6-7H2. The topological polar surface area (TPSA) is 87.9 Å². The fraction of sp³-hybridized carbons (Fsp3) is 0.133. The van der Waals surface area contributed by atoms with E-state index in [1.807, 2.05) is 0 Å². The van der Waals surface area contributed by atoms with Gasteiger partial charge in [0.15, 0.2) is 11.5 Å². The smallest absolute Gasteiger partial charge is 0.345 e. The van der Waals surface area contributed by atoms with Crippen LogP contribution in [0.4, 0.5) is 10.1 Å². The van der Waals surface area contributed by atoms with Crippen LogP contribution in [0.15, 0.2) is 30.3 Å². The van der Waals surface area contributed by atoms with E-state index in [9.17, 15) is 19.3 Å². The van der Waals surface area contributed by atoms with Crippen molar-refractivity contribution in [2.75, 3.05) is 6.79 Å². The Labute approximate surface area is 139 Å². The average molecular weight is 354 g/mol. The molecule has 1 heterocycles. The summed E-state index contributed by atoms with van der Waals surface area (Å²) in [7, 11) is 0. The summed E-state index contributed by atoms with van der Waals surface area (Å²) in [6.07, 6.45) is 0. The van der Waals surface area contributed by atoms with Crippen LogP contribution in [0.5, 0.6) is 11.5 Å². The quantitative estimate of drug-likeness (QED) is 0.475. The van der Waals surface area contributed by atoms with Crippen molar-refractivity contribution >= 4 is 23.3 Å². The summed E-state index contributed by atoms with van der Waals surface area (Å²) in [4.78, 5) is 22.6. The Hall–Kier alpha value is -2.87. The maximum absolute atomic E-state index is 13.0. The highest BCUT2D eigenvalue weighted by molar-refractivity contribution is 6.31. The first-order valence-electron chi connectivity index (χ1n) is 6.65. The fourth-order valence-electron chi connectivity index (χ4n) is 2.11. The summed E-state index contributed by atoms with van der Waals surface area (Å²) in [5, 5.41) is 11.2. The molecule has 0 saturated heterocycles. The third-order valence-electron chi connectivity index (χ3n) is 3.28. The molecule has 0 aliphatic carbocycles. The van der Waals surface area contributed by atoms with Gasteiger partial charge in [0.05, 0.1) is 16.0 Å². The van der Waals surface area contributed by atoms with Gasteiger partial charge in [-0.05, 0) is 12.1 Å². The van der Waals surface area contributed by atoms with E-state index in [4.69, 9.17) is 25.8 Å². The number of nitro benzene ring substituents is 1. The SMILES string of the molecule is O=C(OCc1ccc(F)cc1Cl)c1cc2c(cc1[N+](=O)[O-])OCO2. The zero-order valence-electron chi connectivity index (χ0n) is 12.0. The Kier molecular flexibility index (Phi) is 4.22. The van der Waals surface area contributed by atoms with Crippen LogP contribution in [0.25, 0.3) is 0 Å². The number of carbonyl (C=O) groups excluding carboxylic acids is 1. The lowest BCUT2D eigenvalue weighted by molar-refractivity contribution is -0.385. The molecule has 2 aromatic carbocycles. The number of benzene rings is 2. The summed E-state index contributed by atoms with van der Waals surface area (Å²) in [5.41, 5.74) is -0.369. The van der Waals surface area contributed by atoms with Crippen molar-refractivity contribution in [1.29, 1.82) is 0 Å². The fourth-order valence-corrected chi connectivity index (χ4v) is 2.33. The number of rotatable bonds is 4. The van der Waals surface area contributed by atoms with Gasteiger partial charge in [0.2, 0.25) is 6.79 Å². The lowest BCUT2D eigenvalue weighted by Crippen LogP contribution is -2.08. The first-order valence-corrected chi connectivity index (χ1v) is 7.02. The van der Waals surface area contributed by atoms with Crippen LogP contribution < -0.4 is 9.47 Å². The minimum absolute atomic E-state index is 0.0861. The largest absolute Gasteiger partial charge is 0.457 e. The van der Waals surface area contributed by atoms with Crippen LogP contribution in [0.3, 0.4) is 0 Å². The Morgan fingerprint density at radius 1 is 1.29 bits per heavy atom. The van der Waals surface area contributed by atoms with Crippen LogP contribution in [-0.2, 0) is 11.3 Å². The van der Waals surface area contributed by atoms with Crippen LogP contribution in [0.1, 0.15) is 15.9 Å². The number of carbonyl (C=O) groups is 1. The number of ether oxygens (including phenoxy) is 3. The highest BCUT2D eigenvalue weighted by Gasteiger charge is 2.28. The molecule has 0 amide bonds. The molecule has 1 aliphatic heterocycles. The summed E-state index contributed by atoms with van der Waals surface area (Å²) in [6, 6.07) is 5.89. The van der Waals surface area contributed by atoms with E-state index in [-0.39, 0.29) is 35.5 Å². The monoisotopic (exact) mass is 353 g/mol. The van der Waals surface area contributed by atoms with Crippen molar-refractivity contribution in [3.63, 3.8) is 0 Å². The van der Waals surface area contributed by atoms with E-state index < -0.39 is 22.4 Å². The van der Waals surface area contributed by atoms with Gasteiger partial charge >= 0.3 is 5.97 Å². The number of hydrogen-bond donors (Lipinski definition) is 0. The van der Waals surface area contributed by atoms with E-state index in [0.29, 0.717) is 5.56 Å².